The van der Waals surface area contributed by atoms with E-state index in [-0.39, 0.29) is 18.2 Å². The number of thiazole rings is 1. The molecule has 0 radical (unpaired) electrons. The van der Waals surface area contributed by atoms with Crippen molar-refractivity contribution in [1.82, 2.24) is 4.98 Å². The van der Waals surface area contributed by atoms with Gasteiger partial charge in [-0.25, -0.2) is 9.78 Å². The lowest BCUT2D eigenvalue weighted by atomic mass is 10.4. The standard InChI is InChI=1S/C13H12N2O4S/c1-2-18-12(17)10-8-20-13(14-10)15-11(16)6-5-9-4-3-7-19-9/h3-8H,2H2,1H3,(H,14,15,16)/b6-5+. The number of rotatable bonds is 5. The minimum atomic E-state index is -0.504. The maximum Gasteiger partial charge on any atom is 0.357 e. The zero-order valence-corrected chi connectivity index (χ0v) is 11.5. The van der Waals surface area contributed by atoms with E-state index in [1.54, 1.807) is 19.1 Å². The van der Waals surface area contributed by atoms with Crippen molar-refractivity contribution in [3.63, 3.8) is 0 Å². The fourth-order valence-electron chi connectivity index (χ4n) is 1.32. The van der Waals surface area contributed by atoms with Gasteiger partial charge in [-0.05, 0) is 25.1 Å². The Balaban J connectivity index is 1.93. The lowest BCUT2D eigenvalue weighted by Crippen LogP contribution is -2.09. The molecule has 0 aliphatic rings. The maximum absolute atomic E-state index is 11.6. The molecule has 0 aromatic carbocycles. The second kappa shape index (κ2) is 6.67. The number of esters is 1. The zero-order chi connectivity index (χ0) is 14.4. The predicted molar refractivity (Wildman–Crippen MR) is 74.4 cm³/mol. The Morgan fingerprint density at radius 3 is 3.10 bits per heavy atom. The van der Waals surface area contributed by atoms with Gasteiger partial charge in [0, 0.05) is 11.5 Å². The molecule has 6 nitrogen and oxygen atoms in total. The van der Waals surface area contributed by atoms with Crippen molar-refractivity contribution in [2.24, 2.45) is 0 Å². The van der Waals surface area contributed by atoms with Gasteiger partial charge >= 0.3 is 5.97 Å². The van der Waals surface area contributed by atoms with E-state index in [0.717, 1.165) is 11.3 Å². The first-order chi connectivity index (χ1) is 9.69. The number of carbonyl (C=O) groups is 2. The van der Waals surface area contributed by atoms with Crippen LogP contribution in [0.5, 0.6) is 0 Å². The highest BCUT2D eigenvalue weighted by Crippen LogP contribution is 2.16. The van der Waals surface area contributed by atoms with Crippen LogP contribution in [-0.2, 0) is 9.53 Å². The van der Waals surface area contributed by atoms with Gasteiger partial charge in [0.2, 0.25) is 5.91 Å². The molecular formula is C13H12N2O4S. The minimum Gasteiger partial charge on any atom is -0.465 e. The summed E-state index contributed by atoms with van der Waals surface area (Å²) in [7, 11) is 0. The van der Waals surface area contributed by atoms with Gasteiger partial charge in [-0.3, -0.25) is 10.1 Å². The number of nitrogens with zero attached hydrogens (tertiary/aromatic N) is 1. The second-order valence-electron chi connectivity index (χ2n) is 3.60. The number of anilines is 1. The Morgan fingerprint density at radius 2 is 2.40 bits per heavy atom. The topological polar surface area (TPSA) is 81.4 Å². The SMILES string of the molecule is CCOC(=O)c1csc(NC(=O)/C=C/c2ccco2)n1. The van der Waals surface area contributed by atoms with Gasteiger partial charge in [-0.15, -0.1) is 11.3 Å². The smallest absolute Gasteiger partial charge is 0.357 e. The second-order valence-corrected chi connectivity index (χ2v) is 4.45. The lowest BCUT2D eigenvalue weighted by molar-refractivity contribution is -0.111. The fraction of sp³-hybridized carbons (Fsp3) is 0.154. The van der Waals surface area contributed by atoms with Crippen LogP contribution >= 0.6 is 11.3 Å². The third-order valence-corrected chi connectivity index (χ3v) is 2.92. The summed E-state index contributed by atoms with van der Waals surface area (Å²) < 4.78 is 9.86. The van der Waals surface area contributed by atoms with E-state index in [4.69, 9.17) is 9.15 Å². The lowest BCUT2D eigenvalue weighted by Gasteiger charge is -1.97. The van der Waals surface area contributed by atoms with E-state index in [1.165, 1.54) is 23.8 Å². The molecule has 2 heterocycles. The van der Waals surface area contributed by atoms with Gasteiger partial charge in [-0.1, -0.05) is 0 Å². The highest BCUT2D eigenvalue weighted by atomic mass is 32.1. The molecule has 20 heavy (non-hydrogen) atoms. The highest BCUT2D eigenvalue weighted by molar-refractivity contribution is 7.14. The van der Waals surface area contributed by atoms with Crippen LogP contribution < -0.4 is 5.32 Å². The Labute approximate surface area is 119 Å². The summed E-state index contributed by atoms with van der Waals surface area (Å²) in [6.45, 7) is 2.00. The zero-order valence-electron chi connectivity index (χ0n) is 10.7. The summed E-state index contributed by atoms with van der Waals surface area (Å²) in [6, 6.07) is 3.45. The Bertz CT molecular complexity index is 616. The van der Waals surface area contributed by atoms with Crippen molar-refractivity contribution >= 4 is 34.4 Å². The monoisotopic (exact) mass is 292 g/mol. The van der Waals surface area contributed by atoms with Gasteiger partial charge < -0.3 is 9.15 Å². The van der Waals surface area contributed by atoms with Gasteiger partial charge in [0.1, 0.15) is 5.76 Å². The van der Waals surface area contributed by atoms with Crippen LogP contribution in [0.15, 0.2) is 34.3 Å². The van der Waals surface area contributed by atoms with Crippen molar-refractivity contribution in [3.05, 3.63) is 41.3 Å². The highest BCUT2D eigenvalue weighted by Gasteiger charge is 2.12. The van der Waals surface area contributed by atoms with Crippen molar-refractivity contribution < 1.29 is 18.7 Å². The molecule has 0 saturated carbocycles. The average molecular weight is 292 g/mol. The maximum atomic E-state index is 11.6. The molecular weight excluding hydrogens is 280 g/mol. The van der Waals surface area contributed by atoms with Crippen LogP contribution in [0.4, 0.5) is 5.13 Å². The third kappa shape index (κ3) is 3.79. The molecule has 2 aromatic heterocycles. The molecule has 0 fully saturated rings. The molecule has 0 atom stereocenters. The number of amides is 1. The average Bonchev–Trinajstić information content (AvgIpc) is 3.07. The number of furan rings is 1. The van der Waals surface area contributed by atoms with E-state index >= 15 is 0 Å². The van der Waals surface area contributed by atoms with Gasteiger partial charge in [0.05, 0.1) is 12.9 Å². The molecule has 0 unspecified atom stereocenters. The number of hydrogen-bond donors (Lipinski definition) is 1. The molecule has 2 rings (SSSR count). The van der Waals surface area contributed by atoms with E-state index in [1.807, 2.05) is 0 Å². The number of hydrogen-bond acceptors (Lipinski definition) is 6. The summed E-state index contributed by atoms with van der Waals surface area (Å²) in [5, 5.41) is 4.42. The number of carbonyl (C=O) groups excluding carboxylic acids is 2. The molecule has 0 aliphatic carbocycles. The minimum absolute atomic E-state index is 0.183. The number of aromatic nitrogens is 1. The molecule has 1 amide bonds. The van der Waals surface area contributed by atoms with Gasteiger partial charge in [-0.2, -0.15) is 0 Å². The number of nitrogens with one attached hydrogen (secondary N) is 1. The largest absolute Gasteiger partial charge is 0.465 e. The first-order valence-electron chi connectivity index (χ1n) is 5.84. The molecule has 0 spiro atoms. The Morgan fingerprint density at radius 1 is 1.55 bits per heavy atom. The molecule has 0 bridgehead atoms. The summed E-state index contributed by atoms with van der Waals surface area (Å²) in [5.41, 5.74) is 0.183. The summed E-state index contributed by atoms with van der Waals surface area (Å²) in [4.78, 5) is 27.0. The van der Waals surface area contributed by atoms with Crippen LogP contribution in [0.3, 0.4) is 0 Å². The van der Waals surface area contributed by atoms with Crippen LogP contribution in [-0.4, -0.2) is 23.5 Å². The molecule has 0 saturated heterocycles. The quantitative estimate of drug-likeness (QED) is 0.676. The van der Waals surface area contributed by atoms with Gasteiger partial charge in [0.15, 0.2) is 10.8 Å². The van der Waals surface area contributed by atoms with E-state index in [2.05, 4.69) is 10.3 Å². The predicted octanol–water partition coefficient (Wildman–Crippen LogP) is 2.56. The molecule has 1 N–H and O–H groups in total. The Kier molecular flexibility index (Phi) is 4.67. The van der Waals surface area contributed by atoms with Crippen molar-refractivity contribution in [1.29, 1.82) is 0 Å². The first kappa shape index (κ1) is 14.0. The fourth-order valence-corrected chi connectivity index (χ4v) is 2.00. The third-order valence-electron chi connectivity index (χ3n) is 2.16. The molecule has 0 aliphatic heterocycles. The van der Waals surface area contributed by atoms with Gasteiger partial charge in [0.25, 0.3) is 0 Å². The summed E-state index contributed by atoms with van der Waals surface area (Å²) >= 11 is 1.15. The molecule has 2 aromatic rings. The van der Waals surface area contributed by atoms with Crippen molar-refractivity contribution in [2.75, 3.05) is 11.9 Å². The van der Waals surface area contributed by atoms with Crippen molar-refractivity contribution in [2.45, 2.75) is 6.92 Å². The van der Waals surface area contributed by atoms with Crippen molar-refractivity contribution in [3.8, 4) is 0 Å². The normalized spacial score (nSPS) is 10.7. The van der Waals surface area contributed by atoms with E-state index in [9.17, 15) is 9.59 Å². The van der Waals surface area contributed by atoms with Crippen LogP contribution in [0, 0.1) is 0 Å². The summed E-state index contributed by atoms with van der Waals surface area (Å²) in [6.07, 6.45) is 4.38. The Hall–Kier alpha value is -2.41. The van der Waals surface area contributed by atoms with E-state index < -0.39 is 5.97 Å². The molecule has 7 heteroatoms. The number of ether oxygens (including phenoxy) is 1. The van der Waals surface area contributed by atoms with Crippen LogP contribution in [0.25, 0.3) is 6.08 Å². The van der Waals surface area contributed by atoms with E-state index in [0.29, 0.717) is 10.9 Å². The summed E-state index contributed by atoms with van der Waals surface area (Å²) in [5.74, 6) is -0.284. The first-order valence-corrected chi connectivity index (χ1v) is 6.72. The van der Waals surface area contributed by atoms with Crippen LogP contribution in [0.2, 0.25) is 0 Å². The molecule has 104 valence electrons. The van der Waals surface area contributed by atoms with Crippen LogP contribution in [0.1, 0.15) is 23.2 Å².